The summed E-state index contributed by atoms with van der Waals surface area (Å²) in [6, 6.07) is 5.29. The molecule has 0 saturated carbocycles. The van der Waals surface area contributed by atoms with Crippen molar-refractivity contribution < 1.29 is 23.8 Å². The Labute approximate surface area is 104 Å². The molecular weight excluding hydrogens is 241 g/mol. The van der Waals surface area contributed by atoms with Gasteiger partial charge in [0.2, 0.25) is 0 Å². The highest BCUT2D eigenvalue weighted by molar-refractivity contribution is 5.94. The lowest BCUT2D eigenvalue weighted by Crippen LogP contribution is -2.30. The van der Waals surface area contributed by atoms with Crippen LogP contribution in [0.5, 0.6) is 0 Å². The van der Waals surface area contributed by atoms with E-state index in [-0.39, 0.29) is 18.7 Å². The van der Waals surface area contributed by atoms with Crippen molar-refractivity contribution in [1.29, 1.82) is 0 Å². The SMILES string of the molecule is CC(OCCNC(=O)c1cccc(F)c1)C(=O)O. The molecule has 6 heteroatoms. The molecule has 1 aromatic carbocycles. The van der Waals surface area contributed by atoms with E-state index in [1.54, 1.807) is 0 Å². The summed E-state index contributed by atoms with van der Waals surface area (Å²) in [5.41, 5.74) is 0.210. The van der Waals surface area contributed by atoms with Gasteiger partial charge < -0.3 is 15.2 Å². The molecule has 0 aliphatic rings. The number of amides is 1. The molecule has 0 radical (unpaired) electrons. The summed E-state index contributed by atoms with van der Waals surface area (Å²) in [4.78, 5) is 22.0. The number of rotatable bonds is 6. The summed E-state index contributed by atoms with van der Waals surface area (Å²) < 4.78 is 17.8. The van der Waals surface area contributed by atoms with Crippen molar-refractivity contribution in [2.24, 2.45) is 0 Å². The lowest BCUT2D eigenvalue weighted by atomic mass is 10.2. The van der Waals surface area contributed by atoms with E-state index in [2.05, 4.69) is 5.32 Å². The highest BCUT2D eigenvalue weighted by atomic mass is 19.1. The highest BCUT2D eigenvalue weighted by Crippen LogP contribution is 2.02. The smallest absolute Gasteiger partial charge is 0.332 e. The molecule has 18 heavy (non-hydrogen) atoms. The molecule has 2 N–H and O–H groups in total. The van der Waals surface area contributed by atoms with E-state index in [0.717, 1.165) is 6.07 Å². The molecule has 1 amide bonds. The Hall–Kier alpha value is -1.95. The van der Waals surface area contributed by atoms with Gasteiger partial charge >= 0.3 is 5.97 Å². The van der Waals surface area contributed by atoms with Crippen molar-refractivity contribution in [2.75, 3.05) is 13.2 Å². The number of halogens is 1. The second-order valence-corrected chi connectivity index (χ2v) is 3.62. The number of benzene rings is 1. The average molecular weight is 255 g/mol. The fourth-order valence-corrected chi connectivity index (χ4v) is 1.20. The first-order valence-electron chi connectivity index (χ1n) is 5.39. The maximum absolute atomic E-state index is 12.8. The molecule has 0 aliphatic heterocycles. The van der Waals surface area contributed by atoms with Gasteiger partial charge in [-0.3, -0.25) is 4.79 Å². The zero-order chi connectivity index (χ0) is 13.5. The normalized spacial score (nSPS) is 11.9. The Morgan fingerprint density at radius 3 is 2.83 bits per heavy atom. The number of aliphatic carboxylic acids is 1. The van der Waals surface area contributed by atoms with Gasteiger partial charge in [0.1, 0.15) is 5.82 Å². The number of carboxylic acid groups (broad SMARTS) is 1. The van der Waals surface area contributed by atoms with Gasteiger partial charge in [-0.05, 0) is 25.1 Å². The van der Waals surface area contributed by atoms with Crippen LogP contribution >= 0.6 is 0 Å². The van der Waals surface area contributed by atoms with E-state index in [1.807, 2.05) is 0 Å². The number of hydrogen-bond acceptors (Lipinski definition) is 3. The number of carbonyl (C=O) groups is 2. The molecule has 1 rings (SSSR count). The molecule has 5 nitrogen and oxygen atoms in total. The van der Waals surface area contributed by atoms with Crippen molar-refractivity contribution in [2.45, 2.75) is 13.0 Å². The topological polar surface area (TPSA) is 75.6 Å². The molecule has 0 spiro atoms. The van der Waals surface area contributed by atoms with Crippen LogP contribution in [0.25, 0.3) is 0 Å². The largest absolute Gasteiger partial charge is 0.479 e. The molecule has 1 atom stereocenters. The zero-order valence-electron chi connectivity index (χ0n) is 9.85. The zero-order valence-corrected chi connectivity index (χ0v) is 9.85. The van der Waals surface area contributed by atoms with Crippen molar-refractivity contribution >= 4 is 11.9 Å². The maximum atomic E-state index is 12.8. The Kier molecular flexibility index (Phi) is 5.26. The molecular formula is C12H14FNO4. The van der Waals surface area contributed by atoms with E-state index in [0.29, 0.717) is 0 Å². The summed E-state index contributed by atoms with van der Waals surface area (Å²) in [6.45, 7) is 1.64. The summed E-state index contributed by atoms with van der Waals surface area (Å²) in [7, 11) is 0. The van der Waals surface area contributed by atoms with Crippen LogP contribution in [0.1, 0.15) is 17.3 Å². The first-order chi connectivity index (χ1) is 8.50. The Morgan fingerprint density at radius 2 is 2.22 bits per heavy atom. The standard InChI is InChI=1S/C12H14FNO4/c1-8(12(16)17)18-6-5-14-11(15)9-3-2-4-10(13)7-9/h2-4,7-8H,5-6H2,1H3,(H,14,15)(H,16,17). The lowest BCUT2D eigenvalue weighted by molar-refractivity contribution is -0.148. The minimum atomic E-state index is -1.06. The first kappa shape index (κ1) is 14.1. The van der Waals surface area contributed by atoms with Gasteiger partial charge in [-0.15, -0.1) is 0 Å². The lowest BCUT2D eigenvalue weighted by Gasteiger charge is -2.09. The summed E-state index contributed by atoms with van der Waals surface area (Å²) >= 11 is 0. The predicted molar refractivity (Wildman–Crippen MR) is 61.8 cm³/mol. The van der Waals surface area contributed by atoms with Crippen LogP contribution in [-0.2, 0) is 9.53 Å². The predicted octanol–water partition coefficient (Wildman–Crippen LogP) is 1.05. The minimum Gasteiger partial charge on any atom is -0.479 e. The Bertz CT molecular complexity index is 436. The summed E-state index contributed by atoms with van der Waals surface area (Å²) in [5, 5.41) is 11.0. The van der Waals surface area contributed by atoms with Crippen molar-refractivity contribution in [1.82, 2.24) is 5.32 Å². The second kappa shape index (κ2) is 6.70. The van der Waals surface area contributed by atoms with E-state index in [9.17, 15) is 14.0 Å². The van der Waals surface area contributed by atoms with Gasteiger partial charge in [0.25, 0.3) is 5.91 Å². The van der Waals surface area contributed by atoms with E-state index in [4.69, 9.17) is 9.84 Å². The van der Waals surface area contributed by atoms with Crippen LogP contribution in [0.2, 0.25) is 0 Å². The van der Waals surface area contributed by atoms with E-state index < -0.39 is 23.8 Å². The number of carbonyl (C=O) groups excluding carboxylic acids is 1. The average Bonchev–Trinajstić information content (AvgIpc) is 2.33. The van der Waals surface area contributed by atoms with Crippen LogP contribution in [0.3, 0.4) is 0 Å². The van der Waals surface area contributed by atoms with Crippen LogP contribution in [0.15, 0.2) is 24.3 Å². The molecule has 1 unspecified atom stereocenters. The van der Waals surface area contributed by atoms with Gasteiger partial charge in [-0.1, -0.05) is 6.07 Å². The van der Waals surface area contributed by atoms with Crippen LogP contribution in [0, 0.1) is 5.82 Å². The van der Waals surface area contributed by atoms with Gasteiger partial charge in [-0.25, -0.2) is 9.18 Å². The molecule has 0 saturated heterocycles. The van der Waals surface area contributed by atoms with Crippen molar-refractivity contribution in [3.63, 3.8) is 0 Å². The second-order valence-electron chi connectivity index (χ2n) is 3.62. The van der Waals surface area contributed by atoms with Gasteiger partial charge in [0, 0.05) is 12.1 Å². The maximum Gasteiger partial charge on any atom is 0.332 e. The third kappa shape index (κ3) is 4.50. The van der Waals surface area contributed by atoms with Gasteiger partial charge in [0.05, 0.1) is 6.61 Å². The number of ether oxygens (including phenoxy) is 1. The van der Waals surface area contributed by atoms with Crippen molar-refractivity contribution in [3.05, 3.63) is 35.6 Å². The van der Waals surface area contributed by atoms with Gasteiger partial charge in [-0.2, -0.15) is 0 Å². The number of nitrogens with one attached hydrogen (secondary N) is 1. The molecule has 0 fully saturated rings. The van der Waals surface area contributed by atoms with Crippen LogP contribution in [-0.4, -0.2) is 36.2 Å². The Morgan fingerprint density at radius 1 is 1.50 bits per heavy atom. The molecule has 0 aromatic heterocycles. The summed E-state index contributed by atoms with van der Waals surface area (Å²) in [5.74, 6) is -1.98. The Balaban J connectivity index is 2.32. The third-order valence-corrected chi connectivity index (χ3v) is 2.19. The molecule has 0 aliphatic carbocycles. The quantitative estimate of drug-likeness (QED) is 0.745. The fraction of sp³-hybridized carbons (Fsp3) is 0.333. The van der Waals surface area contributed by atoms with Crippen molar-refractivity contribution in [3.8, 4) is 0 Å². The first-order valence-corrected chi connectivity index (χ1v) is 5.39. The molecule has 0 heterocycles. The third-order valence-electron chi connectivity index (χ3n) is 2.19. The number of carboxylic acids is 1. The highest BCUT2D eigenvalue weighted by Gasteiger charge is 2.11. The molecule has 0 bridgehead atoms. The minimum absolute atomic E-state index is 0.0779. The molecule has 1 aromatic rings. The van der Waals surface area contributed by atoms with Crippen LogP contribution in [0.4, 0.5) is 4.39 Å². The van der Waals surface area contributed by atoms with E-state index in [1.165, 1.54) is 25.1 Å². The number of hydrogen-bond donors (Lipinski definition) is 2. The molecule has 98 valence electrons. The van der Waals surface area contributed by atoms with Gasteiger partial charge in [0.15, 0.2) is 6.10 Å². The monoisotopic (exact) mass is 255 g/mol. The van der Waals surface area contributed by atoms with Crippen LogP contribution < -0.4 is 5.32 Å². The fourth-order valence-electron chi connectivity index (χ4n) is 1.20. The van der Waals surface area contributed by atoms with E-state index >= 15 is 0 Å². The summed E-state index contributed by atoms with van der Waals surface area (Å²) in [6.07, 6.45) is -0.920.